The summed E-state index contributed by atoms with van der Waals surface area (Å²) in [5.74, 6) is -2.57. The van der Waals surface area contributed by atoms with Gasteiger partial charge in [0.2, 0.25) is 0 Å². The molecule has 0 saturated carbocycles. The number of anilines is 1. The summed E-state index contributed by atoms with van der Waals surface area (Å²) < 4.78 is 13.9. The van der Waals surface area contributed by atoms with E-state index >= 15 is 0 Å². The van der Waals surface area contributed by atoms with E-state index in [1.165, 1.54) is 19.1 Å². The van der Waals surface area contributed by atoms with E-state index in [2.05, 4.69) is 26.6 Å². The molecule has 7 heteroatoms. The number of carbonyl (C=O) groups excluding carboxylic acids is 2. The Morgan fingerprint density at radius 1 is 1.44 bits per heavy atom. The Hall–Kier alpha value is -1.47. The average Bonchev–Trinajstić information content (AvgIpc) is 2.30. The predicted molar refractivity (Wildman–Crippen MR) is 67.4 cm³/mol. The first-order valence-electron chi connectivity index (χ1n) is 5.12. The second kappa shape index (κ2) is 6.46. The third-order valence-electron chi connectivity index (χ3n) is 1.94. The van der Waals surface area contributed by atoms with Crippen LogP contribution in [-0.4, -0.2) is 29.6 Å². The third-order valence-corrected chi connectivity index (χ3v) is 2.43. The zero-order valence-electron chi connectivity index (χ0n) is 9.54. The first-order chi connectivity index (χ1) is 8.40. The lowest BCUT2D eigenvalue weighted by Gasteiger charge is -2.08. The van der Waals surface area contributed by atoms with E-state index in [0.717, 1.165) is 6.07 Å². The van der Waals surface area contributed by atoms with Gasteiger partial charge in [-0.3, -0.25) is 9.59 Å². The van der Waals surface area contributed by atoms with Gasteiger partial charge in [-0.25, -0.2) is 4.39 Å². The van der Waals surface area contributed by atoms with Gasteiger partial charge < -0.3 is 15.7 Å². The minimum absolute atomic E-state index is 0.0484. The van der Waals surface area contributed by atoms with Gasteiger partial charge in [-0.15, -0.1) is 0 Å². The van der Waals surface area contributed by atoms with E-state index in [1.807, 2.05) is 0 Å². The number of aliphatic hydroxyl groups is 1. The molecule has 1 aromatic rings. The van der Waals surface area contributed by atoms with Crippen molar-refractivity contribution >= 4 is 33.4 Å². The number of hydrogen-bond acceptors (Lipinski definition) is 3. The van der Waals surface area contributed by atoms with Crippen LogP contribution in [0.3, 0.4) is 0 Å². The standard InChI is InChI=1S/C11H12BrFN2O3/c1-6(16)5-14-10(17)11(18)15-9-4-7(12)2-3-8(9)13/h2-4,6,16H,5H2,1H3,(H,14,17)(H,15,18). The normalized spacial score (nSPS) is 11.8. The summed E-state index contributed by atoms with van der Waals surface area (Å²) in [5, 5.41) is 13.3. The van der Waals surface area contributed by atoms with E-state index < -0.39 is 23.7 Å². The minimum atomic E-state index is -0.993. The van der Waals surface area contributed by atoms with Gasteiger partial charge >= 0.3 is 11.8 Å². The number of aliphatic hydroxyl groups excluding tert-OH is 1. The van der Waals surface area contributed by atoms with Crippen molar-refractivity contribution in [2.24, 2.45) is 0 Å². The van der Waals surface area contributed by atoms with Crippen LogP contribution in [0.2, 0.25) is 0 Å². The van der Waals surface area contributed by atoms with E-state index in [-0.39, 0.29) is 12.2 Å². The maximum atomic E-state index is 13.3. The molecular weight excluding hydrogens is 307 g/mol. The molecule has 18 heavy (non-hydrogen) atoms. The molecule has 0 aliphatic rings. The molecule has 2 amide bonds. The molecule has 0 aliphatic carbocycles. The van der Waals surface area contributed by atoms with Gasteiger partial charge in [0.25, 0.3) is 0 Å². The molecule has 3 N–H and O–H groups in total. The smallest absolute Gasteiger partial charge is 0.313 e. The largest absolute Gasteiger partial charge is 0.392 e. The highest BCUT2D eigenvalue weighted by Gasteiger charge is 2.15. The first kappa shape index (κ1) is 14.6. The second-order valence-electron chi connectivity index (χ2n) is 3.64. The molecule has 1 aromatic carbocycles. The summed E-state index contributed by atoms with van der Waals surface area (Å²) in [6.45, 7) is 1.42. The average molecular weight is 319 g/mol. The Labute approximate surface area is 112 Å². The first-order valence-corrected chi connectivity index (χ1v) is 5.91. The number of benzene rings is 1. The van der Waals surface area contributed by atoms with Crippen molar-refractivity contribution in [3.63, 3.8) is 0 Å². The van der Waals surface area contributed by atoms with Crippen LogP contribution in [0.4, 0.5) is 10.1 Å². The lowest BCUT2D eigenvalue weighted by molar-refractivity contribution is -0.136. The summed E-state index contributed by atoms with van der Waals surface area (Å²) in [7, 11) is 0. The van der Waals surface area contributed by atoms with Crippen LogP contribution in [0.1, 0.15) is 6.92 Å². The lowest BCUT2D eigenvalue weighted by Crippen LogP contribution is -2.38. The van der Waals surface area contributed by atoms with Crippen LogP contribution in [0.25, 0.3) is 0 Å². The molecule has 1 rings (SSSR count). The Morgan fingerprint density at radius 2 is 2.11 bits per heavy atom. The maximum absolute atomic E-state index is 13.3. The van der Waals surface area contributed by atoms with Crippen molar-refractivity contribution in [3.05, 3.63) is 28.5 Å². The number of nitrogens with one attached hydrogen (secondary N) is 2. The predicted octanol–water partition coefficient (Wildman–Crippen LogP) is 1.02. The third kappa shape index (κ3) is 4.42. The van der Waals surface area contributed by atoms with Crippen molar-refractivity contribution < 1.29 is 19.1 Å². The summed E-state index contributed by atoms with van der Waals surface area (Å²) in [6, 6.07) is 3.97. The number of amides is 2. The summed E-state index contributed by atoms with van der Waals surface area (Å²) >= 11 is 3.12. The van der Waals surface area contributed by atoms with Gasteiger partial charge in [0.15, 0.2) is 0 Å². The van der Waals surface area contributed by atoms with Crippen LogP contribution < -0.4 is 10.6 Å². The quantitative estimate of drug-likeness (QED) is 0.728. The molecule has 0 heterocycles. The topological polar surface area (TPSA) is 78.4 Å². The number of carbonyl (C=O) groups is 2. The molecular formula is C11H12BrFN2O3. The van der Waals surface area contributed by atoms with Crippen LogP contribution in [-0.2, 0) is 9.59 Å². The monoisotopic (exact) mass is 318 g/mol. The Kier molecular flexibility index (Phi) is 5.24. The van der Waals surface area contributed by atoms with Crippen molar-refractivity contribution in [3.8, 4) is 0 Å². The van der Waals surface area contributed by atoms with Gasteiger partial charge in [0.1, 0.15) is 5.82 Å². The fraction of sp³-hybridized carbons (Fsp3) is 0.273. The molecule has 0 bridgehead atoms. The summed E-state index contributed by atoms with van der Waals surface area (Å²) in [5.41, 5.74) is -0.0958. The van der Waals surface area contributed by atoms with Gasteiger partial charge in [0, 0.05) is 11.0 Å². The van der Waals surface area contributed by atoms with Crippen molar-refractivity contribution in [2.45, 2.75) is 13.0 Å². The number of halogens is 2. The molecule has 0 fully saturated rings. The highest BCUT2D eigenvalue weighted by Crippen LogP contribution is 2.19. The van der Waals surface area contributed by atoms with Gasteiger partial charge in [-0.05, 0) is 25.1 Å². The summed E-state index contributed by atoms with van der Waals surface area (Å²) in [4.78, 5) is 22.7. The molecule has 98 valence electrons. The fourth-order valence-electron chi connectivity index (χ4n) is 1.09. The van der Waals surface area contributed by atoms with Gasteiger partial charge in [0.05, 0.1) is 11.8 Å². The van der Waals surface area contributed by atoms with Crippen molar-refractivity contribution in [2.75, 3.05) is 11.9 Å². The molecule has 0 aromatic heterocycles. The second-order valence-corrected chi connectivity index (χ2v) is 4.55. The van der Waals surface area contributed by atoms with E-state index in [4.69, 9.17) is 5.11 Å². The van der Waals surface area contributed by atoms with E-state index in [9.17, 15) is 14.0 Å². The highest BCUT2D eigenvalue weighted by atomic mass is 79.9. The summed E-state index contributed by atoms with van der Waals surface area (Å²) in [6.07, 6.45) is -0.760. The zero-order valence-corrected chi connectivity index (χ0v) is 11.1. The molecule has 1 atom stereocenters. The lowest BCUT2D eigenvalue weighted by atomic mass is 10.3. The zero-order chi connectivity index (χ0) is 13.7. The van der Waals surface area contributed by atoms with Crippen molar-refractivity contribution in [1.29, 1.82) is 0 Å². The highest BCUT2D eigenvalue weighted by molar-refractivity contribution is 9.10. The Morgan fingerprint density at radius 3 is 2.72 bits per heavy atom. The fourth-order valence-corrected chi connectivity index (χ4v) is 1.45. The minimum Gasteiger partial charge on any atom is -0.392 e. The Balaban J connectivity index is 2.64. The molecule has 0 aliphatic heterocycles. The number of rotatable bonds is 3. The van der Waals surface area contributed by atoms with Gasteiger partial charge in [-0.2, -0.15) is 0 Å². The Bertz CT molecular complexity index is 466. The molecule has 1 unspecified atom stereocenters. The van der Waals surface area contributed by atoms with Crippen molar-refractivity contribution in [1.82, 2.24) is 5.32 Å². The maximum Gasteiger partial charge on any atom is 0.313 e. The molecule has 0 spiro atoms. The molecule has 0 saturated heterocycles. The number of hydrogen-bond donors (Lipinski definition) is 3. The van der Waals surface area contributed by atoms with Gasteiger partial charge in [-0.1, -0.05) is 15.9 Å². The molecule has 0 radical (unpaired) electrons. The van der Waals surface area contributed by atoms with Crippen LogP contribution in [0.15, 0.2) is 22.7 Å². The van der Waals surface area contributed by atoms with E-state index in [1.54, 1.807) is 0 Å². The molecule has 5 nitrogen and oxygen atoms in total. The van der Waals surface area contributed by atoms with E-state index in [0.29, 0.717) is 4.47 Å². The van der Waals surface area contributed by atoms with Crippen LogP contribution in [0, 0.1) is 5.82 Å². The van der Waals surface area contributed by atoms with Crippen LogP contribution in [0.5, 0.6) is 0 Å². The SMILES string of the molecule is CC(O)CNC(=O)C(=O)Nc1cc(Br)ccc1F. The van der Waals surface area contributed by atoms with Crippen LogP contribution >= 0.6 is 15.9 Å².